The first kappa shape index (κ1) is 37.4. The molecule has 6 rings (SSSR count). The number of carbonyl (C=O) groups is 4. The fourth-order valence-electron chi connectivity index (χ4n) is 5.90. The van der Waals surface area contributed by atoms with Crippen molar-refractivity contribution in [2.45, 2.75) is 77.5 Å². The molecule has 6 atom stereocenters. The van der Waals surface area contributed by atoms with Gasteiger partial charge in [-0.3, -0.25) is 0 Å². The van der Waals surface area contributed by atoms with Gasteiger partial charge in [0, 0.05) is 12.8 Å². The van der Waals surface area contributed by atoms with Gasteiger partial charge in [-0.1, -0.05) is 70.8 Å². The summed E-state index contributed by atoms with van der Waals surface area (Å²) in [5.41, 5.74) is 5.42. The maximum Gasteiger partial charge on any atom is 0.338 e. The number of rotatable bonds is 12. The van der Waals surface area contributed by atoms with E-state index in [0.29, 0.717) is 22.3 Å². The molecule has 0 bridgehead atoms. The van der Waals surface area contributed by atoms with E-state index in [2.05, 4.69) is 0 Å². The molecule has 0 aliphatic carbocycles. The molecule has 0 N–H and O–H groups in total. The molecular weight excluding hydrogens is 680 g/mol. The molecule has 0 radical (unpaired) electrons. The molecule has 11 nitrogen and oxygen atoms in total. The number of esters is 4. The smallest absolute Gasteiger partial charge is 0.338 e. The molecule has 276 valence electrons. The van der Waals surface area contributed by atoms with Gasteiger partial charge in [0.15, 0.2) is 12.6 Å². The highest BCUT2D eigenvalue weighted by molar-refractivity contribution is 5.91. The van der Waals surface area contributed by atoms with E-state index >= 15 is 0 Å². The second kappa shape index (κ2) is 17.0. The summed E-state index contributed by atoms with van der Waals surface area (Å²) in [6.45, 7) is 7.24. The third-order valence-corrected chi connectivity index (χ3v) is 9.06. The minimum atomic E-state index is -0.943. The Labute approximate surface area is 308 Å². The van der Waals surface area contributed by atoms with Crippen molar-refractivity contribution in [2.75, 3.05) is 13.2 Å². The normalized spacial score (nSPS) is 22.2. The van der Waals surface area contributed by atoms with Crippen LogP contribution in [0, 0.1) is 27.7 Å². The van der Waals surface area contributed by atoms with Crippen molar-refractivity contribution in [3.8, 4) is 0 Å². The monoisotopic (exact) mass is 722 g/mol. The molecule has 0 saturated carbocycles. The number of hydrogen-bond donors (Lipinski definition) is 0. The Balaban J connectivity index is 1.13. The molecule has 2 saturated heterocycles. The van der Waals surface area contributed by atoms with E-state index in [0.717, 1.165) is 22.3 Å². The van der Waals surface area contributed by atoms with Gasteiger partial charge < -0.3 is 33.2 Å². The van der Waals surface area contributed by atoms with Gasteiger partial charge >= 0.3 is 23.9 Å². The fourth-order valence-corrected chi connectivity index (χ4v) is 5.90. The molecular formula is C42H42O11. The first-order chi connectivity index (χ1) is 25.5. The second-order valence-corrected chi connectivity index (χ2v) is 13.4. The minimum absolute atomic E-state index is 0.102. The lowest BCUT2D eigenvalue weighted by atomic mass is 10.1. The zero-order chi connectivity index (χ0) is 37.5. The SMILES string of the molecule is Cc1ccc(C(=O)OC[C@@H]2O[C@H](O[C@H]3C[C@@H](OC(=O)c4ccc(C)cc4)[C@H](COC(=O)c4ccc(C)cc4)O3)C[C@@H]2OC(=O)c2ccc(C)cc2)cc1. The number of carbonyl (C=O) groups excluding carboxylic acids is 4. The lowest BCUT2D eigenvalue weighted by Gasteiger charge is -2.20. The third-order valence-electron chi connectivity index (χ3n) is 9.06. The Morgan fingerprint density at radius 1 is 0.472 bits per heavy atom. The van der Waals surface area contributed by atoms with Crippen molar-refractivity contribution in [1.29, 1.82) is 0 Å². The van der Waals surface area contributed by atoms with Crippen LogP contribution in [0.3, 0.4) is 0 Å². The molecule has 0 amide bonds. The molecule has 0 spiro atoms. The molecule has 2 fully saturated rings. The Morgan fingerprint density at radius 3 is 1.06 bits per heavy atom. The van der Waals surface area contributed by atoms with Crippen LogP contribution >= 0.6 is 0 Å². The van der Waals surface area contributed by atoms with E-state index in [1.807, 2.05) is 76.2 Å². The van der Waals surface area contributed by atoms with E-state index in [9.17, 15) is 19.2 Å². The Kier molecular flexibility index (Phi) is 12.0. The number of benzene rings is 4. The van der Waals surface area contributed by atoms with E-state index < -0.39 is 60.9 Å². The van der Waals surface area contributed by atoms with Gasteiger partial charge in [0.25, 0.3) is 0 Å². The van der Waals surface area contributed by atoms with Crippen molar-refractivity contribution in [3.05, 3.63) is 142 Å². The van der Waals surface area contributed by atoms with Crippen molar-refractivity contribution in [2.24, 2.45) is 0 Å². The van der Waals surface area contributed by atoms with Gasteiger partial charge in [0.05, 0.1) is 22.3 Å². The van der Waals surface area contributed by atoms with Crippen LogP contribution < -0.4 is 0 Å². The summed E-state index contributed by atoms with van der Waals surface area (Å²) < 4.78 is 41.4. The van der Waals surface area contributed by atoms with E-state index in [1.54, 1.807) is 48.5 Å². The predicted molar refractivity (Wildman–Crippen MR) is 191 cm³/mol. The quantitative estimate of drug-likeness (QED) is 0.115. The fraction of sp³-hybridized carbons (Fsp3) is 0.333. The molecule has 2 heterocycles. The largest absolute Gasteiger partial charge is 0.459 e. The van der Waals surface area contributed by atoms with Crippen LogP contribution in [0.4, 0.5) is 0 Å². The Hall–Kier alpha value is -5.36. The molecule has 4 aromatic rings. The van der Waals surface area contributed by atoms with Crippen molar-refractivity contribution >= 4 is 23.9 Å². The highest BCUT2D eigenvalue weighted by Crippen LogP contribution is 2.32. The molecule has 0 unspecified atom stereocenters. The molecule has 53 heavy (non-hydrogen) atoms. The summed E-state index contributed by atoms with van der Waals surface area (Å²) in [4.78, 5) is 51.9. The van der Waals surface area contributed by atoms with Gasteiger partial charge in [0.2, 0.25) is 0 Å². The van der Waals surface area contributed by atoms with Crippen molar-refractivity contribution in [1.82, 2.24) is 0 Å². The zero-order valence-corrected chi connectivity index (χ0v) is 30.0. The summed E-state index contributed by atoms with van der Waals surface area (Å²) in [5.74, 6) is -2.24. The van der Waals surface area contributed by atoms with E-state index in [-0.39, 0.29) is 26.1 Å². The standard InChI is InChI=1S/C42H42O11/c1-25-5-13-29(14-6-25)39(43)47-23-35-33(51-41(45)31-17-9-27(3)10-18-31)21-37(49-35)53-38-22-34(52-42(46)32-19-11-28(4)12-20-32)36(50-38)24-48-40(44)30-15-7-26(2)8-16-30/h5-20,33-38H,21-24H2,1-4H3/t33-,34+,35-,36-,37+,38-/m0/s1. The lowest BCUT2D eigenvalue weighted by molar-refractivity contribution is -0.237. The zero-order valence-electron chi connectivity index (χ0n) is 30.0. The Morgan fingerprint density at radius 2 is 0.755 bits per heavy atom. The first-order valence-corrected chi connectivity index (χ1v) is 17.5. The van der Waals surface area contributed by atoms with Crippen LogP contribution in [0.1, 0.15) is 76.5 Å². The predicted octanol–water partition coefficient (Wildman–Crippen LogP) is 6.63. The molecule has 2 aliphatic heterocycles. The summed E-state index contributed by atoms with van der Waals surface area (Å²) in [6, 6.07) is 27.8. The van der Waals surface area contributed by atoms with Crippen LogP contribution in [0.25, 0.3) is 0 Å². The summed E-state index contributed by atoms with van der Waals surface area (Å²) in [5, 5.41) is 0. The van der Waals surface area contributed by atoms with Crippen LogP contribution in [0.15, 0.2) is 97.1 Å². The molecule has 2 aliphatic rings. The van der Waals surface area contributed by atoms with Gasteiger partial charge in [-0.2, -0.15) is 0 Å². The lowest BCUT2D eigenvalue weighted by Crippen LogP contribution is -2.32. The van der Waals surface area contributed by atoms with Gasteiger partial charge in [-0.15, -0.1) is 0 Å². The van der Waals surface area contributed by atoms with Gasteiger partial charge in [0.1, 0.15) is 37.6 Å². The average molecular weight is 723 g/mol. The van der Waals surface area contributed by atoms with Crippen molar-refractivity contribution in [3.63, 3.8) is 0 Å². The van der Waals surface area contributed by atoms with E-state index in [1.165, 1.54) is 0 Å². The minimum Gasteiger partial charge on any atom is -0.459 e. The van der Waals surface area contributed by atoms with E-state index in [4.69, 9.17) is 33.2 Å². The van der Waals surface area contributed by atoms with Crippen LogP contribution in [0.2, 0.25) is 0 Å². The van der Waals surface area contributed by atoms with Gasteiger partial charge in [-0.05, 0) is 76.2 Å². The van der Waals surface area contributed by atoms with Crippen LogP contribution in [-0.2, 0) is 33.2 Å². The molecule has 11 heteroatoms. The summed E-state index contributed by atoms with van der Waals surface area (Å²) in [7, 11) is 0. The first-order valence-electron chi connectivity index (χ1n) is 17.5. The third kappa shape index (κ3) is 9.95. The highest BCUT2D eigenvalue weighted by Gasteiger charge is 2.45. The number of hydrogen-bond acceptors (Lipinski definition) is 11. The highest BCUT2D eigenvalue weighted by atomic mass is 16.8. The van der Waals surface area contributed by atoms with Gasteiger partial charge in [-0.25, -0.2) is 19.2 Å². The van der Waals surface area contributed by atoms with Crippen molar-refractivity contribution < 1.29 is 52.3 Å². The number of ether oxygens (including phenoxy) is 7. The Bertz CT molecular complexity index is 1750. The maximum atomic E-state index is 13.1. The topological polar surface area (TPSA) is 133 Å². The number of aryl methyl sites for hydroxylation is 4. The summed E-state index contributed by atoms with van der Waals surface area (Å²) in [6.07, 6.45) is -5.05. The van der Waals surface area contributed by atoms with Crippen LogP contribution in [0.5, 0.6) is 0 Å². The summed E-state index contributed by atoms with van der Waals surface area (Å²) >= 11 is 0. The van der Waals surface area contributed by atoms with Crippen LogP contribution in [-0.4, -0.2) is 74.1 Å². The maximum absolute atomic E-state index is 13.1. The molecule has 0 aromatic heterocycles. The molecule has 4 aromatic carbocycles. The average Bonchev–Trinajstić information content (AvgIpc) is 3.72. The second-order valence-electron chi connectivity index (χ2n) is 13.4.